The number of aryl methyl sites for hydroxylation is 1. The summed E-state index contributed by atoms with van der Waals surface area (Å²) in [6, 6.07) is 11.5. The molecular formula is C20H22ClN5OS. The van der Waals surface area contributed by atoms with E-state index in [2.05, 4.69) is 32.7 Å². The van der Waals surface area contributed by atoms with E-state index in [9.17, 15) is 4.79 Å². The Kier molecular flexibility index (Phi) is 6.95. The second kappa shape index (κ2) is 9.61. The zero-order valence-corrected chi connectivity index (χ0v) is 17.2. The van der Waals surface area contributed by atoms with E-state index >= 15 is 0 Å². The van der Waals surface area contributed by atoms with Crippen LogP contribution in [-0.4, -0.2) is 31.0 Å². The van der Waals surface area contributed by atoms with Crippen LogP contribution in [0.1, 0.15) is 17.1 Å². The fourth-order valence-electron chi connectivity index (χ4n) is 2.70. The van der Waals surface area contributed by atoms with E-state index < -0.39 is 0 Å². The van der Waals surface area contributed by atoms with Crippen molar-refractivity contribution in [3.63, 3.8) is 0 Å². The molecule has 0 bridgehead atoms. The van der Waals surface area contributed by atoms with Gasteiger partial charge in [0.25, 0.3) is 0 Å². The van der Waals surface area contributed by atoms with Gasteiger partial charge in [0.15, 0.2) is 5.16 Å². The van der Waals surface area contributed by atoms with Gasteiger partial charge in [-0.25, -0.2) is 0 Å². The Hall–Kier alpha value is -2.51. The topological polar surface area (TPSA) is 64.7 Å². The third kappa shape index (κ3) is 5.27. The van der Waals surface area contributed by atoms with Crippen LogP contribution < -0.4 is 5.32 Å². The molecule has 6 nitrogen and oxygen atoms in total. The molecule has 2 heterocycles. The third-order valence-electron chi connectivity index (χ3n) is 4.23. The number of aromatic nitrogens is 4. The van der Waals surface area contributed by atoms with E-state index in [1.807, 2.05) is 54.2 Å². The quantitative estimate of drug-likeness (QED) is 0.429. The maximum absolute atomic E-state index is 12.2. The van der Waals surface area contributed by atoms with E-state index in [-0.39, 0.29) is 11.7 Å². The minimum absolute atomic E-state index is 0.0583. The Morgan fingerprint density at radius 2 is 2.07 bits per heavy atom. The van der Waals surface area contributed by atoms with E-state index in [4.69, 9.17) is 11.6 Å². The lowest BCUT2D eigenvalue weighted by atomic mass is 10.2. The van der Waals surface area contributed by atoms with Crippen molar-refractivity contribution in [2.45, 2.75) is 24.7 Å². The molecule has 28 heavy (non-hydrogen) atoms. The monoisotopic (exact) mass is 415 g/mol. The van der Waals surface area contributed by atoms with Gasteiger partial charge in [-0.3, -0.25) is 4.79 Å². The molecule has 0 aliphatic heterocycles. The largest absolute Gasteiger partial charge is 0.354 e. The summed E-state index contributed by atoms with van der Waals surface area (Å²) in [5.41, 5.74) is 2.15. The SMILES string of the molecule is C=CCn1c(Cc2cccn2C)nnc1SCC(=O)NCc1ccc(Cl)cc1. The highest BCUT2D eigenvalue weighted by Crippen LogP contribution is 2.19. The van der Waals surface area contributed by atoms with Gasteiger partial charge >= 0.3 is 0 Å². The summed E-state index contributed by atoms with van der Waals surface area (Å²) in [6.07, 6.45) is 4.49. The fourth-order valence-corrected chi connectivity index (χ4v) is 3.62. The van der Waals surface area contributed by atoms with Crippen molar-refractivity contribution in [3.05, 3.63) is 77.4 Å². The van der Waals surface area contributed by atoms with Gasteiger partial charge < -0.3 is 14.5 Å². The first-order valence-corrected chi connectivity index (χ1v) is 10.2. The summed E-state index contributed by atoms with van der Waals surface area (Å²) >= 11 is 7.25. The lowest BCUT2D eigenvalue weighted by molar-refractivity contribution is -0.118. The number of nitrogens with one attached hydrogen (secondary N) is 1. The molecule has 0 fully saturated rings. The smallest absolute Gasteiger partial charge is 0.230 e. The van der Waals surface area contributed by atoms with Crippen molar-refractivity contribution in [1.82, 2.24) is 24.6 Å². The molecular weight excluding hydrogens is 394 g/mol. The molecule has 1 amide bonds. The lowest BCUT2D eigenvalue weighted by Crippen LogP contribution is -2.24. The van der Waals surface area contributed by atoms with Crippen molar-refractivity contribution in [2.24, 2.45) is 7.05 Å². The minimum Gasteiger partial charge on any atom is -0.354 e. The first kappa shape index (κ1) is 20.2. The van der Waals surface area contributed by atoms with Gasteiger partial charge in [0.1, 0.15) is 5.82 Å². The molecule has 3 aromatic rings. The predicted octanol–water partition coefficient (Wildman–Crippen LogP) is 3.46. The second-order valence-electron chi connectivity index (χ2n) is 6.28. The molecule has 0 atom stereocenters. The zero-order valence-electron chi connectivity index (χ0n) is 15.6. The summed E-state index contributed by atoms with van der Waals surface area (Å²) in [5.74, 6) is 1.07. The number of benzene rings is 1. The Balaban J connectivity index is 1.58. The first-order chi connectivity index (χ1) is 13.6. The van der Waals surface area contributed by atoms with Crippen LogP contribution in [0.25, 0.3) is 0 Å². The molecule has 8 heteroatoms. The summed E-state index contributed by atoms with van der Waals surface area (Å²) in [5, 5.41) is 12.9. The number of hydrogen-bond donors (Lipinski definition) is 1. The lowest BCUT2D eigenvalue weighted by Gasteiger charge is -2.09. The van der Waals surface area contributed by atoms with E-state index in [1.165, 1.54) is 11.8 Å². The molecule has 0 spiro atoms. The van der Waals surface area contributed by atoms with Crippen molar-refractivity contribution < 1.29 is 4.79 Å². The highest BCUT2D eigenvalue weighted by atomic mass is 35.5. The zero-order chi connectivity index (χ0) is 19.9. The van der Waals surface area contributed by atoms with Gasteiger partial charge in [0.05, 0.1) is 5.75 Å². The van der Waals surface area contributed by atoms with Gasteiger partial charge in [0, 0.05) is 43.5 Å². The summed E-state index contributed by atoms with van der Waals surface area (Å²) in [6.45, 7) is 4.88. The molecule has 0 saturated carbocycles. The minimum atomic E-state index is -0.0583. The fraction of sp³-hybridized carbons (Fsp3) is 0.250. The normalized spacial score (nSPS) is 10.8. The van der Waals surface area contributed by atoms with E-state index in [0.29, 0.717) is 29.7 Å². The number of allylic oxidation sites excluding steroid dienone is 1. The molecule has 0 aliphatic rings. The van der Waals surface area contributed by atoms with Gasteiger partial charge in [0.2, 0.25) is 5.91 Å². The van der Waals surface area contributed by atoms with Gasteiger partial charge in [-0.05, 0) is 29.8 Å². The maximum atomic E-state index is 12.2. The highest BCUT2D eigenvalue weighted by molar-refractivity contribution is 7.99. The van der Waals surface area contributed by atoms with Gasteiger partial charge in [-0.15, -0.1) is 16.8 Å². The van der Waals surface area contributed by atoms with Crippen LogP contribution in [0.2, 0.25) is 5.02 Å². The molecule has 2 aromatic heterocycles. The number of amides is 1. The number of carbonyl (C=O) groups excluding carboxylic acids is 1. The molecule has 3 rings (SSSR count). The number of hydrogen-bond acceptors (Lipinski definition) is 4. The number of carbonyl (C=O) groups is 1. The molecule has 0 aliphatic carbocycles. The molecule has 0 unspecified atom stereocenters. The molecule has 146 valence electrons. The average Bonchev–Trinajstić information content (AvgIpc) is 3.27. The molecule has 0 saturated heterocycles. The predicted molar refractivity (Wildman–Crippen MR) is 112 cm³/mol. The molecule has 1 aromatic carbocycles. The van der Waals surface area contributed by atoms with Crippen LogP contribution in [0.15, 0.2) is 60.4 Å². The van der Waals surface area contributed by atoms with E-state index in [0.717, 1.165) is 17.1 Å². The second-order valence-corrected chi connectivity index (χ2v) is 7.66. The molecule has 1 N–H and O–H groups in total. The van der Waals surface area contributed by atoms with Crippen LogP contribution >= 0.6 is 23.4 Å². The molecule has 0 radical (unpaired) electrons. The highest BCUT2D eigenvalue weighted by Gasteiger charge is 2.14. The number of rotatable bonds is 9. The van der Waals surface area contributed by atoms with Crippen LogP contribution in [-0.2, 0) is 31.4 Å². The number of thioether (sulfide) groups is 1. The Morgan fingerprint density at radius 1 is 1.29 bits per heavy atom. The van der Waals surface area contributed by atoms with Crippen molar-refractivity contribution in [3.8, 4) is 0 Å². The summed E-state index contributed by atoms with van der Waals surface area (Å²) in [7, 11) is 2.00. The first-order valence-electron chi connectivity index (χ1n) is 8.84. The summed E-state index contributed by atoms with van der Waals surface area (Å²) < 4.78 is 4.06. The average molecular weight is 416 g/mol. The van der Waals surface area contributed by atoms with E-state index in [1.54, 1.807) is 0 Å². The van der Waals surface area contributed by atoms with Crippen molar-refractivity contribution in [2.75, 3.05) is 5.75 Å². The van der Waals surface area contributed by atoms with Crippen LogP contribution in [0.4, 0.5) is 0 Å². The van der Waals surface area contributed by atoms with Crippen molar-refractivity contribution >= 4 is 29.3 Å². The third-order valence-corrected chi connectivity index (χ3v) is 5.45. The number of halogens is 1. The summed E-state index contributed by atoms with van der Waals surface area (Å²) in [4.78, 5) is 12.2. The van der Waals surface area contributed by atoms with Crippen LogP contribution in [0.3, 0.4) is 0 Å². The van der Waals surface area contributed by atoms with Crippen LogP contribution in [0, 0.1) is 0 Å². The Labute approximate surface area is 173 Å². The Morgan fingerprint density at radius 3 is 2.75 bits per heavy atom. The van der Waals surface area contributed by atoms with Crippen LogP contribution in [0.5, 0.6) is 0 Å². The standard InChI is InChI=1S/C20H22ClN5OS/c1-3-10-26-18(12-17-5-4-11-25(17)2)23-24-20(26)28-14-19(27)22-13-15-6-8-16(21)9-7-15/h3-9,11H,1,10,12-14H2,2H3,(H,22,27). The number of nitrogens with zero attached hydrogens (tertiary/aromatic N) is 4. The van der Waals surface area contributed by atoms with Crippen molar-refractivity contribution in [1.29, 1.82) is 0 Å². The maximum Gasteiger partial charge on any atom is 0.230 e. The van der Waals surface area contributed by atoms with Gasteiger partial charge in [-0.2, -0.15) is 0 Å². The Bertz CT molecular complexity index is 948. The van der Waals surface area contributed by atoms with Gasteiger partial charge in [-0.1, -0.05) is 41.6 Å².